The van der Waals surface area contributed by atoms with Crippen LogP contribution >= 0.6 is 23.1 Å². The Kier molecular flexibility index (Phi) is 5.19. The lowest BCUT2D eigenvalue weighted by molar-refractivity contribution is -0.143. The first-order valence-corrected chi connectivity index (χ1v) is 10.6. The van der Waals surface area contributed by atoms with Crippen LogP contribution in [0.25, 0.3) is 21.1 Å². The molecule has 0 bridgehead atoms. The molecule has 1 N–H and O–H groups in total. The summed E-state index contributed by atoms with van der Waals surface area (Å²) in [5, 5.41) is 0.844. The van der Waals surface area contributed by atoms with Gasteiger partial charge in [0, 0.05) is 22.2 Å². The number of fused-ring (bicyclic) bond motifs is 2. The van der Waals surface area contributed by atoms with E-state index >= 15 is 0 Å². The first-order chi connectivity index (χ1) is 13.5. The maximum Gasteiger partial charge on any atom is 0.317 e. The molecule has 0 radical (unpaired) electrons. The Balaban J connectivity index is 1.41. The normalized spacial score (nSPS) is 12.4. The smallest absolute Gasteiger partial charge is 0.317 e. The first kappa shape index (κ1) is 18.7. The van der Waals surface area contributed by atoms with Gasteiger partial charge in [-0.15, -0.1) is 11.3 Å². The Hall–Kier alpha value is -2.64. The van der Waals surface area contributed by atoms with Crippen molar-refractivity contribution in [3.63, 3.8) is 0 Å². The quantitative estimate of drug-likeness (QED) is 0.275. The van der Waals surface area contributed by atoms with Crippen molar-refractivity contribution in [2.24, 2.45) is 0 Å². The predicted octanol–water partition coefficient (Wildman–Crippen LogP) is 4.99. The van der Waals surface area contributed by atoms with Crippen LogP contribution < -0.4 is 0 Å². The number of aromatic amines is 1. The Morgan fingerprint density at radius 1 is 1.18 bits per heavy atom. The molecule has 142 valence electrons. The van der Waals surface area contributed by atoms with Crippen LogP contribution in [0, 0.1) is 6.92 Å². The van der Waals surface area contributed by atoms with Gasteiger partial charge in [0.15, 0.2) is 10.4 Å². The number of nitrogens with one attached hydrogen (secondary N) is 1. The van der Waals surface area contributed by atoms with Crippen molar-refractivity contribution in [2.75, 3.05) is 5.75 Å². The number of thiazole rings is 1. The topological polar surface area (TPSA) is 72.1 Å². The van der Waals surface area contributed by atoms with Crippen LogP contribution in [0.2, 0.25) is 0 Å². The van der Waals surface area contributed by atoms with Crippen LogP contribution in [0.1, 0.15) is 23.0 Å². The van der Waals surface area contributed by atoms with Crippen LogP contribution in [0.3, 0.4) is 0 Å². The minimum absolute atomic E-state index is 0.115. The van der Waals surface area contributed by atoms with Crippen molar-refractivity contribution >= 4 is 56.0 Å². The zero-order valence-electron chi connectivity index (χ0n) is 15.4. The fourth-order valence-corrected chi connectivity index (χ4v) is 4.97. The summed E-state index contributed by atoms with van der Waals surface area (Å²) in [7, 11) is 0. The molecular formula is C21H18N2O3S2. The van der Waals surface area contributed by atoms with Gasteiger partial charge in [0.1, 0.15) is 0 Å². The Morgan fingerprint density at radius 3 is 2.75 bits per heavy atom. The number of thioether (sulfide) groups is 1. The second kappa shape index (κ2) is 7.77. The molecule has 1 atom stereocenters. The first-order valence-electron chi connectivity index (χ1n) is 8.82. The molecule has 0 saturated carbocycles. The van der Waals surface area contributed by atoms with E-state index in [1.54, 1.807) is 6.92 Å². The highest BCUT2D eigenvalue weighted by atomic mass is 32.2. The average Bonchev–Trinajstić information content (AvgIpc) is 3.25. The van der Waals surface area contributed by atoms with Gasteiger partial charge in [-0.1, -0.05) is 42.1 Å². The van der Waals surface area contributed by atoms with E-state index in [1.807, 2.05) is 55.5 Å². The van der Waals surface area contributed by atoms with Crippen LogP contribution in [0.5, 0.6) is 0 Å². The second-order valence-electron chi connectivity index (χ2n) is 6.40. The number of rotatable bonds is 6. The molecule has 4 rings (SSSR count). The highest BCUT2D eigenvalue weighted by Crippen LogP contribution is 2.29. The van der Waals surface area contributed by atoms with Gasteiger partial charge in [-0.3, -0.25) is 9.59 Å². The molecule has 2 heterocycles. The van der Waals surface area contributed by atoms with Crippen LogP contribution in [0.15, 0.2) is 52.9 Å². The molecule has 1 unspecified atom stereocenters. The Labute approximate surface area is 170 Å². The highest BCUT2D eigenvalue weighted by Gasteiger charge is 2.24. The number of Topliss-reactive ketones (excluding diaryl/α,β-unsaturated/α-hetero) is 1. The summed E-state index contributed by atoms with van der Waals surface area (Å²) in [6, 6.07) is 15.5. The second-order valence-corrected chi connectivity index (χ2v) is 8.66. The number of carbonyl (C=O) groups excluding carboxylic acids is 2. The van der Waals surface area contributed by atoms with E-state index in [9.17, 15) is 9.59 Å². The van der Waals surface area contributed by atoms with Crippen molar-refractivity contribution in [1.29, 1.82) is 0 Å². The average molecular weight is 411 g/mol. The predicted molar refractivity (Wildman–Crippen MR) is 113 cm³/mol. The van der Waals surface area contributed by atoms with E-state index in [0.29, 0.717) is 5.56 Å². The largest absolute Gasteiger partial charge is 0.454 e. The van der Waals surface area contributed by atoms with Crippen molar-refractivity contribution in [1.82, 2.24) is 9.97 Å². The van der Waals surface area contributed by atoms with Gasteiger partial charge in [-0.25, -0.2) is 4.98 Å². The van der Waals surface area contributed by atoms with E-state index in [2.05, 4.69) is 9.97 Å². The molecule has 2 aromatic carbocycles. The number of ether oxygens (including phenoxy) is 1. The number of carbonyl (C=O) groups is 2. The molecule has 0 amide bonds. The van der Waals surface area contributed by atoms with E-state index in [-0.39, 0.29) is 11.5 Å². The minimum Gasteiger partial charge on any atom is -0.454 e. The van der Waals surface area contributed by atoms with Gasteiger partial charge in [0.05, 0.1) is 16.0 Å². The molecule has 0 aliphatic rings. The lowest BCUT2D eigenvalue weighted by atomic mass is 10.0. The van der Waals surface area contributed by atoms with E-state index in [4.69, 9.17) is 4.74 Å². The summed E-state index contributed by atoms with van der Waals surface area (Å²) in [5.41, 5.74) is 3.17. The summed E-state index contributed by atoms with van der Waals surface area (Å²) >= 11 is 2.87. The molecule has 28 heavy (non-hydrogen) atoms. The van der Waals surface area contributed by atoms with Crippen molar-refractivity contribution in [3.8, 4) is 0 Å². The molecule has 0 fully saturated rings. The Bertz CT molecular complexity index is 1150. The van der Waals surface area contributed by atoms with Gasteiger partial charge < -0.3 is 9.72 Å². The fraction of sp³-hybridized carbons (Fsp3) is 0.190. The number of nitrogens with zero attached hydrogens (tertiary/aromatic N) is 1. The Morgan fingerprint density at radius 2 is 1.93 bits per heavy atom. The fourth-order valence-electron chi connectivity index (χ4n) is 3.12. The maximum absolute atomic E-state index is 12.9. The molecular weight excluding hydrogens is 392 g/mol. The van der Waals surface area contributed by atoms with Gasteiger partial charge in [-0.05, 0) is 32.0 Å². The van der Waals surface area contributed by atoms with E-state index < -0.39 is 12.1 Å². The molecule has 7 heteroatoms. The molecule has 2 aromatic heterocycles. The monoisotopic (exact) mass is 410 g/mol. The van der Waals surface area contributed by atoms with Crippen LogP contribution in [-0.4, -0.2) is 33.6 Å². The number of aryl methyl sites for hydroxylation is 1. The molecule has 0 aliphatic carbocycles. The number of aromatic nitrogens is 2. The van der Waals surface area contributed by atoms with Gasteiger partial charge >= 0.3 is 5.97 Å². The molecule has 4 aromatic rings. The minimum atomic E-state index is -0.846. The summed E-state index contributed by atoms with van der Waals surface area (Å²) in [4.78, 5) is 32.8. The number of hydrogen-bond acceptors (Lipinski definition) is 6. The van der Waals surface area contributed by atoms with Gasteiger partial charge in [-0.2, -0.15) is 0 Å². The number of para-hydroxylation sites is 2. The maximum atomic E-state index is 12.9. The third-order valence-electron chi connectivity index (χ3n) is 4.41. The molecule has 0 aliphatic heterocycles. The number of benzene rings is 2. The standard InChI is InChI=1S/C21H18N2O3S2/c1-12-19(14-7-3-4-8-15(14)22-12)20(25)13(2)26-18(24)11-27-21-23-16-9-5-6-10-17(16)28-21/h3-10,13,22H,11H2,1-2H3. The van der Waals surface area contributed by atoms with Crippen LogP contribution in [0.4, 0.5) is 0 Å². The van der Waals surface area contributed by atoms with Gasteiger partial charge in [0.2, 0.25) is 5.78 Å². The summed E-state index contributed by atoms with van der Waals surface area (Å²) in [5.74, 6) is -0.513. The lowest BCUT2D eigenvalue weighted by Crippen LogP contribution is -2.25. The van der Waals surface area contributed by atoms with Crippen molar-refractivity contribution < 1.29 is 14.3 Å². The number of hydrogen-bond donors (Lipinski definition) is 1. The lowest BCUT2D eigenvalue weighted by Gasteiger charge is -2.12. The zero-order chi connectivity index (χ0) is 19.7. The van der Waals surface area contributed by atoms with Crippen LogP contribution in [-0.2, 0) is 9.53 Å². The van der Waals surface area contributed by atoms with Gasteiger partial charge in [0.25, 0.3) is 0 Å². The third kappa shape index (κ3) is 3.68. The zero-order valence-corrected chi connectivity index (χ0v) is 17.0. The number of H-pyrrole nitrogens is 1. The summed E-state index contributed by atoms with van der Waals surface area (Å²) < 4.78 is 7.28. The number of ketones is 1. The van der Waals surface area contributed by atoms with E-state index in [1.165, 1.54) is 23.1 Å². The van der Waals surface area contributed by atoms with Crippen molar-refractivity contribution in [2.45, 2.75) is 24.3 Å². The molecule has 0 saturated heterocycles. The molecule has 0 spiro atoms. The third-order valence-corrected chi connectivity index (χ3v) is 6.56. The summed E-state index contributed by atoms with van der Waals surface area (Å²) in [6.45, 7) is 3.47. The SMILES string of the molecule is Cc1[nH]c2ccccc2c1C(=O)C(C)OC(=O)CSc1nc2ccccc2s1. The van der Waals surface area contributed by atoms with E-state index in [0.717, 1.165) is 31.2 Å². The summed E-state index contributed by atoms with van der Waals surface area (Å²) in [6.07, 6.45) is -0.846. The van der Waals surface area contributed by atoms with Crippen molar-refractivity contribution in [3.05, 3.63) is 59.8 Å². The number of esters is 1. The molecule has 5 nitrogen and oxygen atoms in total. The highest BCUT2D eigenvalue weighted by molar-refractivity contribution is 8.01.